The molecule has 0 radical (unpaired) electrons. The molecule has 0 atom stereocenters. The summed E-state index contributed by atoms with van der Waals surface area (Å²) in [5.41, 5.74) is 0. The smallest absolute Gasteiger partial charge is 0.0474 e. The third kappa shape index (κ3) is 4.12. The van der Waals surface area contributed by atoms with Crippen molar-refractivity contribution in [2.24, 2.45) is 0 Å². The Morgan fingerprint density at radius 1 is 0.889 bits per heavy atom. The Kier molecular flexibility index (Phi) is 4.70. The van der Waals surface area contributed by atoms with Gasteiger partial charge >= 0.3 is 0 Å². The SMILES string of the molecule is C1COCCCSSC1. The molecular formula is C6H12OS2. The van der Waals surface area contributed by atoms with E-state index in [1.165, 1.54) is 24.3 Å². The fourth-order valence-corrected chi connectivity index (χ4v) is 2.78. The zero-order valence-electron chi connectivity index (χ0n) is 5.47. The van der Waals surface area contributed by atoms with E-state index in [2.05, 4.69) is 0 Å². The summed E-state index contributed by atoms with van der Waals surface area (Å²) in [6, 6.07) is 0. The highest BCUT2D eigenvalue weighted by atomic mass is 33.1. The molecule has 0 aliphatic carbocycles. The van der Waals surface area contributed by atoms with E-state index in [9.17, 15) is 0 Å². The Labute approximate surface area is 64.3 Å². The first-order valence-corrected chi connectivity index (χ1v) is 5.81. The van der Waals surface area contributed by atoms with E-state index in [-0.39, 0.29) is 0 Å². The van der Waals surface area contributed by atoms with E-state index in [0.29, 0.717) is 0 Å². The van der Waals surface area contributed by atoms with Crippen molar-refractivity contribution in [2.45, 2.75) is 12.8 Å². The highest BCUT2D eigenvalue weighted by molar-refractivity contribution is 8.76. The topological polar surface area (TPSA) is 9.23 Å². The summed E-state index contributed by atoms with van der Waals surface area (Å²) in [6.07, 6.45) is 2.44. The second-order valence-electron chi connectivity index (χ2n) is 1.96. The average molecular weight is 164 g/mol. The number of rotatable bonds is 0. The zero-order valence-corrected chi connectivity index (χ0v) is 7.10. The Morgan fingerprint density at radius 2 is 1.44 bits per heavy atom. The second-order valence-corrected chi connectivity index (χ2v) is 4.67. The highest BCUT2D eigenvalue weighted by Gasteiger charge is 1.96. The molecule has 0 N–H and O–H groups in total. The first-order chi connectivity index (χ1) is 4.50. The van der Waals surface area contributed by atoms with Gasteiger partial charge in [0.2, 0.25) is 0 Å². The van der Waals surface area contributed by atoms with Gasteiger partial charge in [-0.2, -0.15) is 0 Å². The largest absolute Gasteiger partial charge is 0.381 e. The molecule has 0 amide bonds. The lowest BCUT2D eigenvalue weighted by atomic mass is 10.5. The summed E-state index contributed by atoms with van der Waals surface area (Å²) in [6.45, 7) is 1.93. The van der Waals surface area contributed by atoms with Crippen LogP contribution in [0.25, 0.3) is 0 Å². The van der Waals surface area contributed by atoms with Crippen LogP contribution in [0.1, 0.15) is 12.8 Å². The van der Waals surface area contributed by atoms with Gasteiger partial charge in [0.15, 0.2) is 0 Å². The minimum atomic E-state index is 0.966. The van der Waals surface area contributed by atoms with Crippen LogP contribution in [-0.4, -0.2) is 24.7 Å². The summed E-state index contributed by atoms with van der Waals surface area (Å²) >= 11 is 0. The minimum Gasteiger partial charge on any atom is -0.381 e. The molecule has 9 heavy (non-hydrogen) atoms. The first kappa shape index (κ1) is 7.76. The predicted octanol–water partition coefficient (Wildman–Crippen LogP) is 2.18. The van der Waals surface area contributed by atoms with Crippen molar-refractivity contribution in [3.05, 3.63) is 0 Å². The van der Waals surface area contributed by atoms with E-state index in [1.807, 2.05) is 21.6 Å². The molecule has 0 aromatic heterocycles. The van der Waals surface area contributed by atoms with Crippen LogP contribution < -0.4 is 0 Å². The van der Waals surface area contributed by atoms with E-state index >= 15 is 0 Å². The number of ether oxygens (including phenoxy) is 1. The van der Waals surface area contributed by atoms with Gasteiger partial charge in [0.25, 0.3) is 0 Å². The van der Waals surface area contributed by atoms with Crippen LogP contribution in [0.2, 0.25) is 0 Å². The molecule has 0 spiro atoms. The minimum absolute atomic E-state index is 0.966. The first-order valence-electron chi connectivity index (χ1n) is 3.32. The molecule has 1 rings (SSSR count). The van der Waals surface area contributed by atoms with Gasteiger partial charge < -0.3 is 4.74 Å². The Morgan fingerprint density at radius 3 is 2.00 bits per heavy atom. The average Bonchev–Trinajstić information content (AvgIpc) is 2.00. The van der Waals surface area contributed by atoms with Gasteiger partial charge in [0.1, 0.15) is 0 Å². The molecular weight excluding hydrogens is 152 g/mol. The van der Waals surface area contributed by atoms with Gasteiger partial charge in [-0.1, -0.05) is 21.6 Å². The van der Waals surface area contributed by atoms with Gasteiger partial charge in [0.05, 0.1) is 0 Å². The molecule has 0 unspecified atom stereocenters. The lowest BCUT2D eigenvalue weighted by Crippen LogP contribution is -1.96. The van der Waals surface area contributed by atoms with E-state index in [0.717, 1.165) is 13.2 Å². The van der Waals surface area contributed by atoms with Crippen LogP contribution in [0.3, 0.4) is 0 Å². The molecule has 1 nitrogen and oxygen atoms in total. The van der Waals surface area contributed by atoms with Gasteiger partial charge in [-0.3, -0.25) is 0 Å². The van der Waals surface area contributed by atoms with E-state index in [4.69, 9.17) is 4.74 Å². The summed E-state index contributed by atoms with van der Waals surface area (Å²) < 4.78 is 5.33. The summed E-state index contributed by atoms with van der Waals surface area (Å²) in [5, 5.41) is 0. The van der Waals surface area contributed by atoms with Crippen molar-refractivity contribution in [1.29, 1.82) is 0 Å². The van der Waals surface area contributed by atoms with Crippen molar-refractivity contribution in [2.75, 3.05) is 24.7 Å². The van der Waals surface area contributed by atoms with Crippen LogP contribution >= 0.6 is 21.6 Å². The maximum absolute atomic E-state index is 5.33. The Balaban J connectivity index is 2.02. The third-order valence-corrected chi connectivity index (χ3v) is 3.69. The molecule has 1 fully saturated rings. The molecule has 1 aliphatic rings. The molecule has 3 heteroatoms. The van der Waals surface area contributed by atoms with Crippen LogP contribution in [0.15, 0.2) is 0 Å². The second kappa shape index (κ2) is 5.45. The fraction of sp³-hybridized carbons (Fsp3) is 1.00. The molecule has 0 saturated carbocycles. The number of hydrogen-bond acceptors (Lipinski definition) is 3. The fourth-order valence-electron chi connectivity index (χ4n) is 0.660. The lowest BCUT2D eigenvalue weighted by Gasteiger charge is -1.97. The monoisotopic (exact) mass is 164 g/mol. The van der Waals surface area contributed by atoms with E-state index < -0.39 is 0 Å². The molecule has 1 saturated heterocycles. The third-order valence-electron chi connectivity index (χ3n) is 1.12. The number of hydrogen-bond donors (Lipinski definition) is 0. The van der Waals surface area contributed by atoms with Crippen molar-refractivity contribution in [3.63, 3.8) is 0 Å². The maximum atomic E-state index is 5.33. The van der Waals surface area contributed by atoms with Gasteiger partial charge in [-0.15, -0.1) is 0 Å². The molecule has 54 valence electrons. The molecule has 0 aromatic carbocycles. The van der Waals surface area contributed by atoms with Crippen molar-refractivity contribution < 1.29 is 4.74 Å². The van der Waals surface area contributed by atoms with Gasteiger partial charge in [-0.25, -0.2) is 0 Å². The standard InChI is InChI=1S/C6H12OS2/c1-3-7-4-2-6-9-8-5-1/h1-6H2. The molecule has 1 aliphatic heterocycles. The van der Waals surface area contributed by atoms with Crippen molar-refractivity contribution in [1.82, 2.24) is 0 Å². The lowest BCUT2D eigenvalue weighted by molar-refractivity contribution is 0.137. The summed E-state index contributed by atoms with van der Waals surface area (Å²) in [4.78, 5) is 0. The Hall–Kier alpha value is 0.660. The maximum Gasteiger partial charge on any atom is 0.0474 e. The normalized spacial score (nSPS) is 24.0. The van der Waals surface area contributed by atoms with Crippen LogP contribution in [0, 0.1) is 0 Å². The summed E-state index contributed by atoms with van der Waals surface area (Å²) in [7, 11) is 3.96. The van der Waals surface area contributed by atoms with Crippen molar-refractivity contribution >= 4 is 21.6 Å². The zero-order chi connectivity index (χ0) is 6.36. The molecule has 1 heterocycles. The van der Waals surface area contributed by atoms with Crippen LogP contribution in [0.5, 0.6) is 0 Å². The molecule has 0 bridgehead atoms. The van der Waals surface area contributed by atoms with E-state index in [1.54, 1.807) is 0 Å². The predicted molar refractivity (Wildman–Crippen MR) is 45.0 cm³/mol. The summed E-state index contributed by atoms with van der Waals surface area (Å²) in [5.74, 6) is 2.51. The van der Waals surface area contributed by atoms with Gasteiger partial charge in [-0.05, 0) is 12.8 Å². The van der Waals surface area contributed by atoms with Crippen LogP contribution in [0.4, 0.5) is 0 Å². The Bertz CT molecular complexity index is 39.5. The van der Waals surface area contributed by atoms with Crippen LogP contribution in [-0.2, 0) is 4.74 Å². The van der Waals surface area contributed by atoms with Crippen molar-refractivity contribution in [3.8, 4) is 0 Å². The highest BCUT2D eigenvalue weighted by Crippen LogP contribution is 2.23. The van der Waals surface area contributed by atoms with Gasteiger partial charge in [0, 0.05) is 24.7 Å². The quantitative estimate of drug-likeness (QED) is 0.508. The molecule has 0 aromatic rings.